The maximum Gasteiger partial charge on any atom is 0.418 e. The Balaban J connectivity index is 2.16. The topological polar surface area (TPSA) is 45.0 Å². The standard InChI is InChI=1S/C13H13F3N2O/c14-13(15,16)11-6-9(7-17)3-4-12(11)18-8-10-2-1-5-19-10/h3-4,6,10,18H,1-2,5,8H2. The summed E-state index contributed by atoms with van der Waals surface area (Å²) >= 11 is 0. The van der Waals surface area contributed by atoms with E-state index in [4.69, 9.17) is 10.00 Å². The van der Waals surface area contributed by atoms with E-state index in [0.717, 1.165) is 18.9 Å². The third kappa shape index (κ3) is 3.38. The van der Waals surface area contributed by atoms with Crippen LogP contribution in [-0.4, -0.2) is 19.3 Å². The highest BCUT2D eigenvalue weighted by atomic mass is 19.4. The van der Waals surface area contributed by atoms with Gasteiger partial charge in [0.25, 0.3) is 0 Å². The van der Waals surface area contributed by atoms with Crippen LogP contribution in [0.1, 0.15) is 24.0 Å². The van der Waals surface area contributed by atoms with Crippen molar-refractivity contribution < 1.29 is 17.9 Å². The largest absolute Gasteiger partial charge is 0.418 e. The number of anilines is 1. The van der Waals surface area contributed by atoms with Gasteiger partial charge in [-0.05, 0) is 31.0 Å². The third-order valence-electron chi connectivity index (χ3n) is 3.00. The van der Waals surface area contributed by atoms with Crippen molar-refractivity contribution in [1.29, 1.82) is 5.26 Å². The summed E-state index contributed by atoms with van der Waals surface area (Å²) in [7, 11) is 0. The molecular formula is C13H13F3N2O. The van der Waals surface area contributed by atoms with Gasteiger partial charge < -0.3 is 10.1 Å². The highest BCUT2D eigenvalue weighted by Crippen LogP contribution is 2.35. The minimum absolute atomic E-state index is 0.00464. The summed E-state index contributed by atoms with van der Waals surface area (Å²) in [5.41, 5.74) is -0.832. The molecule has 0 aliphatic carbocycles. The molecule has 0 spiro atoms. The highest BCUT2D eigenvalue weighted by molar-refractivity contribution is 5.56. The van der Waals surface area contributed by atoms with Crippen molar-refractivity contribution in [2.45, 2.75) is 25.1 Å². The Morgan fingerprint density at radius 3 is 2.79 bits per heavy atom. The minimum Gasteiger partial charge on any atom is -0.382 e. The average molecular weight is 270 g/mol. The molecule has 1 aliphatic heterocycles. The number of benzene rings is 1. The molecular weight excluding hydrogens is 257 g/mol. The van der Waals surface area contributed by atoms with E-state index in [9.17, 15) is 13.2 Å². The first-order chi connectivity index (χ1) is 9.00. The van der Waals surface area contributed by atoms with E-state index in [-0.39, 0.29) is 17.4 Å². The van der Waals surface area contributed by atoms with Gasteiger partial charge in [0.1, 0.15) is 0 Å². The Hall–Kier alpha value is -1.74. The van der Waals surface area contributed by atoms with Gasteiger partial charge in [0.05, 0.1) is 23.3 Å². The zero-order chi connectivity index (χ0) is 13.9. The first-order valence-corrected chi connectivity index (χ1v) is 5.97. The second-order valence-electron chi connectivity index (χ2n) is 4.39. The molecule has 0 saturated carbocycles. The van der Waals surface area contributed by atoms with Crippen molar-refractivity contribution in [3.8, 4) is 6.07 Å². The molecule has 1 N–H and O–H groups in total. The lowest BCUT2D eigenvalue weighted by Crippen LogP contribution is -2.20. The number of nitrogens with zero attached hydrogens (tertiary/aromatic N) is 1. The Kier molecular flexibility index (Phi) is 3.96. The number of nitriles is 1. The lowest BCUT2D eigenvalue weighted by atomic mass is 10.1. The Morgan fingerprint density at radius 2 is 2.21 bits per heavy atom. The van der Waals surface area contributed by atoms with Crippen LogP contribution in [0.3, 0.4) is 0 Å². The molecule has 1 aliphatic rings. The van der Waals surface area contributed by atoms with E-state index in [1.165, 1.54) is 12.1 Å². The molecule has 102 valence electrons. The number of alkyl halides is 3. The summed E-state index contributed by atoms with van der Waals surface area (Å²) in [4.78, 5) is 0. The molecule has 3 nitrogen and oxygen atoms in total. The Bertz CT molecular complexity index is 488. The lowest BCUT2D eigenvalue weighted by Gasteiger charge is -2.17. The molecule has 1 aromatic rings. The number of rotatable bonds is 3. The van der Waals surface area contributed by atoms with E-state index < -0.39 is 11.7 Å². The number of hydrogen-bond acceptors (Lipinski definition) is 3. The summed E-state index contributed by atoms with van der Waals surface area (Å²) in [6, 6.07) is 5.23. The summed E-state index contributed by atoms with van der Waals surface area (Å²) in [5, 5.41) is 11.4. The second kappa shape index (κ2) is 5.49. The van der Waals surface area contributed by atoms with Gasteiger partial charge in [-0.3, -0.25) is 0 Å². The predicted molar refractivity (Wildman–Crippen MR) is 63.6 cm³/mol. The van der Waals surface area contributed by atoms with Crippen LogP contribution in [-0.2, 0) is 10.9 Å². The van der Waals surface area contributed by atoms with Crippen LogP contribution in [0.5, 0.6) is 0 Å². The van der Waals surface area contributed by atoms with Crippen LogP contribution in [0, 0.1) is 11.3 Å². The number of nitrogens with one attached hydrogen (secondary N) is 1. The fraction of sp³-hybridized carbons (Fsp3) is 0.462. The third-order valence-corrected chi connectivity index (χ3v) is 3.00. The zero-order valence-electron chi connectivity index (χ0n) is 10.1. The van der Waals surface area contributed by atoms with Crippen molar-refractivity contribution in [3.05, 3.63) is 29.3 Å². The van der Waals surface area contributed by atoms with Crippen LogP contribution in [0.15, 0.2) is 18.2 Å². The average Bonchev–Trinajstić information content (AvgIpc) is 2.88. The van der Waals surface area contributed by atoms with Crippen LogP contribution in [0.4, 0.5) is 18.9 Å². The van der Waals surface area contributed by atoms with Gasteiger partial charge >= 0.3 is 6.18 Å². The van der Waals surface area contributed by atoms with Gasteiger partial charge in [-0.1, -0.05) is 0 Å². The Morgan fingerprint density at radius 1 is 1.42 bits per heavy atom. The predicted octanol–water partition coefficient (Wildman–Crippen LogP) is 3.17. The summed E-state index contributed by atoms with van der Waals surface area (Å²) in [6.45, 7) is 1.00. The van der Waals surface area contributed by atoms with Crippen molar-refractivity contribution in [2.75, 3.05) is 18.5 Å². The van der Waals surface area contributed by atoms with E-state index in [2.05, 4.69) is 5.32 Å². The SMILES string of the molecule is N#Cc1ccc(NCC2CCCO2)c(C(F)(F)F)c1. The van der Waals surface area contributed by atoms with Gasteiger partial charge in [-0.15, -0.1) is 0 Å². The molecule has 1 heterocycles. The fourth-order valence-electron chi connectivity index (χ4n) is 2.03. The fourth-order valence-corrected chi connectivity index (χ4v) is 2.03. The van der Waals surface area contributed by atoms with Gasteiger partial charge in [0, 0.05) is 18.8 Å². The smallest absolute Gasteiger partial charge is 0.382 e. The first kappa shape index (κ1) is 13.7. The van der Waals surface area contributed by atoms with Crippen LogP contribution < -0.4 is 5.32 Å². The van der Waals surface area contributed by atoms with Crippen LogP contribution >= 0.6 is 0 Å². The summed E-state index contributed by atoms with van der Waals surface area (Å²) in [5.74, 6) is 0. The quantitative estimate of drug-likeness (QED) is 0.917. The van der Waals surface area contributed by atoms with Crippen LogP contribution in [0.2, 0.25) is 0 Å². The molecule has 1 unspecified atom stereocenters. The number of ether oxygens (including phenoxy) is 1. The minimum atomic E-state index is -4.48. The molecule has 1 saturated heterocycles. The molecule has 0 radical (unpaired) electrons. The van der Waals surface area contributed by atoms with Crippen LogP contribution in [0.25, 0.3) is 0 Å². The van der Waals surface area contributed by atoms with Crippen molar-refractivity contribution in [3.63, 3.8) is 0 Å². The second-order valence-corrected chi connectivity index (χ2v) is 4.39. The van der Waals surface area contributed by atoms with Crippen molar-refractivity contribution in [1.82, 2.24) is 0 Å². The molecule has 19 heavy (non-hydrogen) atoms. The molecule has 0 amide bonds. The van der Waals surface area contributed by atoms with E-state index in [1.807, 2.05) is 0 Å². The maximum absolute atomic E-state index is 12.9. The lowest BCUT2D eigenvalue weighted by molar-refractivity contribution is -0.137. The van der Waals surface area contributed by atoms with Gasteiger partial charge in [0.15, 0.2) is 0 Å². The summed E-state index contributed by atoms with van der Waals surface area (Å²) < 4.78 is 44.0. The van der Waals surface area contributed by atoms with E-state index in [1.54, 1.807) is 6.07 Å². The zero-order valence-corrected chi connectivity index (χ0v) is 10.1. The van der Waals surface area contributed by atoms with Crippen molar-refractivity contribution in [2.24, 2.45) is 0 Å². The monoisotopic (exact) mass is 270 g/mol. The van der Waals surface area contributed by atoms with E-state index in [0.29, 0.717) is 13.2 Å². The number of hydrogen-bond donors (Lipinski definition) is 1. The molecule has 1 atom stereocenters. The van der Waals surface area contributed by atoms with Gasteiger partial charge in [-0.25, -0.2) is 0 Å². The highest BCUT2D eigenvalue weighted by Gasteiger charge is 2.34. The van der Waals surface area contributed by atoms with Crippen molar-refractivity contribution >= 4 is 5.69 Å². The molecule has 6 heteroatoms. The molecule has 0 bridgehead atoms. The molecule has 1 fully saturated rings. The maximum atomic E-state index is 12.9. The normalized spacial score (nSPS) is 19.2. The summed E-state index contributed by atoms with van der Waals surface area (Å²) in [6.07, 6.45) is -2.74. The number of halogens is 3. The first-order valence-electron chi connectivity index (χ1n) is 5.97. The molecule has 2 rings (SSSR count). The van der Waals surface area contributed by atoms with Gasteiger partial charge in [0.2, 0.25) is 0 Å². The van der Waals surface area contributed by atoms with Gasteiger partial charge in [-0.2, -0.15) is 18.4 Å². The Labute approximate surface area is 109 Å². The van der Waals surface area contributed by atoms with E-state index >= 15 is 0 Å². The molecule has 1 aromatic carbocycles. The molecule has 0 aromatic heterocycles.